The highest BCUT2D eigenvalue weighted by Gasteiger charge is 2.20. The van der Waals surface area contributed by atoms with Crippen LogP contribution < -0.4 is 21.5 Å². The van der Waals surface area contributed by atoms with Crippen LogP contribution in [0, 0.1) is 6.92 Å². The SMILES string of the molecule is Cc1c(NC(=O)c2ccc(NC(=O)Nc3ccccc3)s2)c(=O)n(-c2ccccc2)n1C. The number of urea groups is 1. The smallest absolute Gasteiger partial charge is 0.315 e. The van der Waals surface area contributed by atoms with E-state index in [-0.39, 0.29) is 11.2 Å². The molecule has 3 amide bonds. The summed E-state index contributed by atoms with van der Waals surface area (Å²) >= 11 is 1.12. The molecule has 0 aliphatic carbocycles. The Hall–Kier alpha value is -4.11. The molecule has 0 fully saturated rings. The molecule has 0 saturated carbocycles. The van der Waals surface area contributed by atoms with E-state index in [1.54, 1.807) is 42.9 Å². The molecule has 8 nitrogen and oxygen atoms in total. The Balaban J connectivity index is 1.48. The van der Waals surface area contributed by atoms with Gasteiger partial charge < -0.3 is 10.6 Å². The Morgan fingerprint density at radius 3 is 2.19 bits per heavy atom. The van der Waals surface area contributed by atoms with Crippen LogP contribution in [0.4, 0.5) is 21.2 Å². The fourth-order valence-corrected chi connectivity index (χ4v) is 4.01. The number of para-hydroxylation sites is 2. The number of carbonyl (C=O) groups excluding carboxylic acids is 2. The molecule has 4 aromatic rings. The number of thiophene rings is 1. The van der Waals surface area contributed by atoms with Gasteiger partial charge in [-0.3, -0.25) is 19.6 Å². The summed E-state index contributed by atoms with van der Waals surface area (Å²) in [6.07, 6.45) is 0. The lowest BCUT2D eigenvalue weighted by Crippen LogP contribution is -2.22. The van der Waals surface area contributed by atoms with Crippen LogP contribution in [0.3, 0.4) is 0 Å². The van der Waals surface area contributed by atoms with Crippen molar-refractivity contribution in [3.8, 4) is 5.69 Å². The largest absolute Gasteiger partial charge is 0.324 e. The number of aromatic nitrogens is 2. The number of anilines is 3. The summed E-state index contributed by atoms with van der Waals surface area (Å²) < 4.78 is 3.20. The fraction of sp³-hybridized carbons (Fsp3) is 0.0870. The standard InChI is InChI=1S/C23H21N5O3S/c1-15-20(22(30)28(27(15)2)17-11-7-4-8-12-17)26-21(29)18-13-14-19(32-18)25-23(31)24-16-9-5-3-6-10-16/h3-14H,1-2H3,(H,26,29)(H2,24,25,31). The topological polar surface area (TPSA) is 97.2 Å². The average molecular weight is 448 g/mol. The van der Waals surface area contributed by atoms with E-state index in [2.05, 4.69) is 16.0 Å². The van der Waals surface area contributed by atoms with Gasteiger partial charge in [-0.15, -0.1) is 11.3 Å². The highest BCUT2D eigenvalue weighted by atomic mass is 32.1. The van der Waals surface area contributed by atoms with E-state index in [1.165, 1.54) is 4.68 Å². The molecule has 9 heteroatoms. The lowest BCUT2D eigenvalue weighted by Gasteiger charge is -2.07. The zero-order valence-electron chi connectivity index (χ0n) is 17.5. The van der Waals surface area contributed by atoms with Crippen molar-refractivity contribution >= 4 is 39.7 Å². The third kappa shape index (κ3) is 4.33. The lowest BCUT2D eigenvalue weighted by molar-refractivity contribution is 0.103. The highest BCUT2D eigenvalue weighted by molar-refractivity contribution is 7.18. The van der Waals surface area contributed by atoms with Crippen molar-refractivity contribution in [1.29, 1.82) is 0 Å². The summed E-state index contributed by atoms with van der Waals surface area (Å²) in [5, 5.41) is 8.65. The van der Waals surface area contributed by atoms with Gasteiger partial charge in [-0.25, -0.2) is 9.48 Å². The second kappa shape index (κ2) is 8.94. The van der Waals surface area contributed by atoms with E-state index in [0.29, 0.717) is 26.9 Å². The zero-order valence-corrected chi connectivity index (χ0v) is 18.3. The first kappa shape index (κ1) is 21.1. The molecule has 162 valence electrons. The first-order chi connectivity index (χ1) is 15.4. The monoisotopic (exact) mass is 447 g/mol. The predicted octanol–water partition coefficient (Wildman–Crippen LogP) is 4.44. The van der Waals surface area contributed by atoms with Crippen LogP contribution >= 0.6 is 11.3 Å². The molecule has 0 spiro atoms. The summed E-state index contributed by atoms with van der Waals surface area (Å²) in [4.78, 5) is 38.3. The van der Waals surface area contributed by atoms with Crippen molar-refractivity contribution in [3.05, 3.63) is 93.7 Å². The van der Waals surface area contributed by atoms with Gasteiger partial charge in [0.1, 0.15) is 5.69 Å². The van der Waals surface area contributed by atoms with Crippen molar-refractivity contribution in [1.82, 2.24) is 9.36 Å². The normalized spacial score (nSPS) is 10.6. The molecule has 2 aromatic carbocycles. The molecule has 0 aliphatic rings. The molecule has 2 heterocycles. The zero-order chi connectivity index (χ0) is 22.7. The maximum atomic E-state index is 13.0. The third-order valence-electron chi connectivity index (χ3n) is 4.89. The number of nitrogens with zero attached hydrogens (tertiary/aromatic N) is 2. The minimum atomic E-state index is -0.419. The van der Waals surface area contributed by atoms with Gasteiger partial charge in [0, 0.05) is 12.7 Å². The Morgan fingerprint density at radius 1 is 0.844 bits per heavy atom. The molecule has 0 saturated heterocycles. The summed E-state index contributed by atoms with van der Waals surface area (Å²) in [6, 6.07) is 21.1. The maximum absolute atomic E-state index is 13.0. The summed E-state index contributed by atoms with van der Waals surface area (Å²) in [5.41, 5.74) is 1.89. The van der Waals surface area contributed by atoms with Crippen LogP contribution in [-0.4, -0.2) is 21.3 Å². The molecule has 0 bridgehead atoms. The Kier molecular flexibility index (Phi) is 5.91. The van der Waals surface area contributed by atoms with Gasteiger partial charge in [0.05, 0.1) is 21.3 Å². The lowest BCUT2D eigenvalue weighted by atomic mass is 10.3. The van der Waals surface area contributed by atoms with Crippen molar-refractivity contribution in [3.63, 3.8) is 0 Å². The Bertz CT molecular complexity index is 1320. The number of hydrogen-bond donors (Lipinski definition) is 3. The predicted molar refractivity (Wildman–Crippen MR) is 127 cm³/mol. The molecule has 0 unspecified atom stereocenters. The van der Waals surface area contributed by atoms with E-state index < -0.39 is 11.9 Å². The highest BCUT2D eigenvalue weighted by Crippen LogP contribution is 2.24. The van der Waals surface area contributed by atoms with Gasteiger partial charge in [-0.2, -0.15) is 0 Å². The number of rotatable bonds is 5. The second-order valence-corrected chi connectivity index (χ2v) is 8.08. The summed E-state index contributed by atoms with van der Waals surface area (Å²) in [6.45, 7) is 1.77. The molecule has 2 aromatic heterocycles. The average Bonchev–Trinajstić information content (AvgIpc) is 3.33. The van der Waals surface area contributed by atoms with Crippen LogP contribution in [0.25, 0.3) is 5.69 Å². The maximum Gasteiger partial charge on any atom is 0.324 e. The Labute approximate surface area is 188 Å². The van der Waals surface area contributed by atoms with Crippen molar-refractivity contribution in [2.45, 2.75) is 6.92 Å². The number of benzene rings is 2. The van der Waals surface area contributed by atoms with Crippen LogP contribution in [-0.2, 0) is 7.05 Å². The quantitative estimate of drug-likeness (QED) is 0.422. The minimum absolute atomic E-state index is 0.214. The number of hydrogen-bond acceptors (Lipinski definition) is 4. The molecule has 4 rings (SSSR count). The van der Waals surface area contributed by atoms with Gasteiger partial charge in [0.2, 0.25) is 0 Å². The molecule has 0 aliphatic heterocycles. The first-order valence-electron chi connectivity index (χ1n) is 9.82. The van der Waals surface area contributed by atoms with Crippen molar-refractivity contribution in [2.24, 2.45) is 7.05 Å². The van der Waals surface area contributed by atoms with E-state index in [0.717, 1.165) is 11.3 Å². The van der Waals surface area contributed by atoms with E-state index in [1.807, 2.05) is 48.5 Å². The van der Waals surface area contributed by atoms with E-state index >= 15 is 0 Å². The molecule has 0 radical (unpaired) electrons. The van der Waals surface area contributed by atoms with Crippen molar-refractivity contribution in [2.75, 3.05) is 16.0 Å². The summed E-state index contributed by atoms with van der Waals surface area (Å²) in [7, 11) is 1.76. The Morgan fingerprint density at radius 2 is 1.50 bits per heavy atom. The summed E-state index contributed by atoms with van der Waals surface area (Å²) in [5.74, 6) is -0.419. The first-order valence-corrected chi connectivity index (χ1v) is 10.6. The minimum Gasteiger partial charge on any atom is -0.315 e. The molecule has 0 atom stereocenters. The molecule has 3 N–H and O–H groups in total. The van der Waals surface area contributed by atoms with Gasteiger partial charge in [-0.05, 0) is 43.3 Å². The van der Waals surface area contributed by atoms with E-state index in [9.17, 15) is 14.4 Å². The van der Waals surface area contributed by atoms with Crippen LogP contribution in [0.2, 0.25) is 0 Å². The van der Waals surface area contributed by atoms with Crippen LogP contribution in [0.15, 0.2) is 77.6 Å². The molecular weight excluding hydrogens is 426 g/mol. The number of amides is 3. The number of nitrogens with one attached hydrogen (secondary N) is 3. The van der Waals surface area contributed by atoms with Gasteiger partial charge >= 0.3 is 6.03 Å². The van der Waals surface area contributed by atoms with Crippen LogP contribution in [0.5, 0.6) is 0 Å². The number of carbonyl (C=O) groups is 2. The van der Waals surface area contributed by atoms with Gasteiger partial charge in [0.15, 0.2) is 0 Å². The second-order valence-electron chi connectivity index (χ2n) is 7.00. The van der Waals surface area contributed by atoms with E-state index in [4.69, 9.17) is 0 Å². The van der Waals surface area contributed by atoms with Crippen LogP contribution in [0.1, 0.15) is 15.4 Å². The van der Waals surface area contributed by atoms with Crippen molar-refractivity contribution < 1.29 is 9.59 Å². The van der Waals surface area contributed by atoms with Gasteiger partial charge in [-0.1, -0.05) is 36.4 Å². The third-order valence-corrected chi connectivity index (χ3v) is 5.89. The molecule has 32 heavy (non-hydrogen) atoms. The molecular formula is C23H21N5O3S. The van der Waals surface area contributed by atoms with Gasteiger partial charge in [0.25, 0.3) is 11.5 Å². The fourth-order valence-electron chi connectivity index (χ4n) is 3.21.